The van der Waals surface area contributed by atoms with Crippen LogP contribution in [0.1, 0.15) is 43.4 Å². The van der Waals surface area contributed by atoms with E-state index in [1.54, 1.807) is 10.9 Å². The smallest absolute Gasteiger partial charge is 0.256 e. The third-order valence-corrected chi connectivity index (χ3v) is 5.36. The number of hydrogen-bond donors (Lipinski definition) is 0. The van der Waals surface area contributed by atoms with E-state index in [1.807, 2.05) is 18.7 Å². The molecule has 1 amide bonds. The molecule has 0 aliphatic carbocycles. The van der Waals surface area contributed by atoms with Crippen LogP contribution in [0.2, 0.25) is 0 Å². The van der Waals surface area contributed by atoms with Gasteiger partial charge in [0.15, 0.2) is 0 Å². The van der Waals surface area contributed by atoms with Crippen LogP contribution in [0.5, 0.6) is 0 Å². The standard InChI is InChI=1S/C18H27N3O3/c1-13-14(2)19-12-21(18(13)23)11-15-5-7-20(8-6-15)17(22)10-16-4-3-9-24-16/h12,15-16H,3-11H2,1-2H3. The quantitative estimate of drug-likeness (QED) is 0.841. The van der Waals surface area contributed by atoms with Gasteiger partial charge in [0.2, 0.25) is 5.91 Å². The van der Waals surface area contributed by atoms with Crippen molar-refractivity contribution in [1.29, 1.82) is 0 Å². The fourth-order valence-electron chi connectivity index (χ4n) is 3.58. The Labute approximate surface area is 142 Å². The maximum atomic E-state index is 12.3. The molecular weight excluding hydrogens is 306 g/mol. The van der Waals surface area contributed by atoms with Crippen LogP contribution < -0.4 is 5.56 Å². The van der Waals surface area contributed by atoms with Crippen molar-refractivity contribution in [2.45, 2.75) is 58.6 Å². The Kier molecular flexibility index (Phi) is 5.33. The van der Waals surface area contributed by atoms with E-state index in [0.717, 1.165) is 56.6 Å². The van der Waals surface area contributed by atoms with Gasteiger partial charge in [-0.15, -0.1) is 0 Å². The zero-order chi connectivity index (χ0) is 17.1. The molecule has 1 unspecified atom stereocenters. The first kappa shape index (κ1) is 17.1. The van der Waals surface area contributed by atoms with Gasteiger partial charge in [0.1, 0.15) is 0 Å². The Morgan fingerprint density at radius 2 is 2.04 bits per heavy atom. The normalized spacial score (nSPS) is 22.1. The lowest BCUT2D eigenvalue weighted by atomic mass is 9.96. The first-order valence-corrected chi connectivity index (χ1v) is 8.96. The van der Waals surface area contributed by atoms with Crippen molar-refractivity contribution in [3.8, 4) is 0 Å². The number of nitrogens with zero attached hydrogens (tertiary/aromatic N) is 3. The number of aromatic nitrogens is 2. The van der Waals surface area contributed by atoms with Gasteiger partial charge in [-0.2, -0.15) is 0 Å². The van der Waals surface area contributed by atoms with Crippen LogP contribution in [0.3, 0.4) is 0 Å². The predicted molar refractivity (Wildman–Crippen MR) is 90.9 cm³/mol. The van der Waals surface area contributed by atoms with Crippen molar-refractivity contribution in [2.75, 3.05) is 19.7 Å². The van der Waals surface area contributed by atoms with E-state index < -0.39 is 0 Å². The number of piperidine rings is 1. The molecule has 2 fully saturated rings. The van der Waals surface area contributed by atoms with E-state index in [0.29, 0.717) is 18.9 Å². The third-order valence-electron chi connectivity index (χ3n) is 5.36. The molecule has 132 valence electrons. The second-order valence-corrected chi connectivity index (χ2v) is 7.08. The fraction of sp³-hybridized carbons (Fsp3) is 0.722. The number of aryl methyl sites for hydroxylation is 1. The summed E-state index contributed by atoms with van der Waals surface area (Å²) in [6.07, 6.45) is 6.25. The van der Waals surface area contributed by atoms with Gasteiger partial charge < -0.3 is 9.64 Å². The highest BCUT2D eigenvalue weighted by molar-refractivity contribution is 5.76. The first-order valence-electron chi connectivity index (χ1n) is 8.96. The van der Waals surface area contributed by atoms with Gasteiger partial charge in [0.05, 0.1) is 18.9 Å². The number of likely N-dealkylation sites (tertiary alicyclic amines) is 1. The van der Waals surface area contributed by atoms with Crippen LogP contribution in [-0.4, -0.2) is 46.2 Å². The lowest BCUT2D eigenvalue weighted by Crippen LogP contribution is -2.41. The Hall–Kier alpha value is -1.69. The highest BCUT2D eigenvalue weighted by atomic mass is 16.5. The minimum atomic E-state index is 0.0550. The molecule has 0 spiro atoms. The average Bonchev–Trinajstić information content (AvgIpc) is 3.09. The molecule has 0 bridgehead atoms. The summed E-state index contributed by atoms with van der Waals surface area (Å²) in [5, 5.41) is 0. The molecular formula is C18H27N3O3. The summed E-state index contributed by atoms with van der Waals surface area (Å²) in [6.45, 7) is 6.73. The van der Waals surface area contributed by atoms with Gasteiger partial charge in [-0.05, 0) is 45.4 Å². The summed E-state index contributed by atoms with van der Waals surface area (Å²) in [5.74, 6) is 0.642. The van der Waals surface area contributed by atoms with Gasteiger partial charge in [-0.25, -0.2) is 4.98 Å². The number of hydrogen-bond acceptors (Lipinski definition) is 4. The van der Waals surface area contributed by atoms with Crippen molar-refractivity contribution in [2.24, 2.45) is 5.92 Å². The second kappa shape index (κ2) is 7.47. The summed E-state index contributed by atoms with van der Waals surface area (Å²) in [7, 11) is 0. The van der Waals surface area contributed by atoms with Crippen LogP contribution in [0.15, 0.2) is 11.1 Å². The zero-order valence-electron chi connectivity index (χ0n) is 14.7. The molecule has 2 aliphatic rings. The highest BCUT2D eigenvalue weighted by Gasteiger charge is 2.26. The summed E-state index contributed by atoms with van der Waals surface area (Å²) < 4.78 is 7.28. The van der Waals surface area contributed by atoms with E-state index in [9.17, 15) is 9.59 Å². The van der Waals surface area contributed by atoms with Crippen molar-refractivity contribution < 1.29 is 9.53 Å². The van der Waals surface area contributed by atoms with Crippen LogP contribution in [0.4, 0.5) is 0 Å². The van der Waals surface area contributed by atoms with Gasteiger partial charge in [-0.1, -0.05) is 0 Å². The maximum absolute atomic E-state index is 12.3. The molecule has 3 rings (SSSR count). The molecule has 2 saturated heterocycles. The maximum Gasteiger partial charge on any atom is 0.256 e. The van der Waals surface area contributed by atoms with E-state index in [4.69, 9.17) is 4.74 Å². The number of amides is 1. The molecule has 24 heavy (non-hydrogen) atoms. The number of carbonyl (C=O) groups excluding carboxylic acids is 1. The molecule has 6 nitrogen and oxygen atoms in total. The Morgan fingerprint density at radius 3 is 2.71 bits per heavy atom. The lowest BCUT2D eigenvalue weighted by molar-refractivity contribution is -0.134. The lowest BCUT2D eigenvalue weighted by Gasteiger charge is -2.32. The Balaban J connectivity index is 1.51. The van der Waals surface area contributed by atoms with Crippen LogP contribution in [-0.2, 0) is 16.1 Å². The minimum absolute atomic E-state index is 0.0550. The highest BCUT2D eigenvalue weighted by Crippen LogP contribution is 2.22. The zero-order valence-corrected chi connectivity index (χ0v) is 14.7. The Morgan fingerprint density at radius 1 is 1.29 bits per heavy atom. The summed E-state index contributed by atoms with van der Waals surface area (Å²) >= 11 is 0. The number of rotatable bonds is 4. The average molecular weight is 333 g/mol. The van der Waals surface area contributed by atoms with Crippen molar-refractivity contribution in [3.63, 3.8) is 0 Å². The second-order valence-electron chi connectivity index (χ2n) is 7.08. The van der Waals surface area contributed by atoms with E-state index in [1.165, 1.54) is 0 Å². The van der Waals surface area contributed by atoms with Crippen molar-refractivity contribution >= 4 is 5.91 Å². The SMILES string of the molecule is Cc1ncn(CC2CCN(C(=O)CC3CCCO3)CC2)c(=O)c1C. The fourth-order valence-corrected chi connectivity index (χ4v) is 3.58. The molecule has 1 aromatic heterocycles. The molecule has 6 heteroatoms. The largest absolute Gasteiger partial charge is 0.378 e. The van der Waals surface area contributed by atoms with E-state index in [2.05, 4.69) is 4.98 Å². The predicted octanol–water partition coefficient (Wildman–Crippen LogP) is 1.67. The molecule has 0 N–H and O–H groups in total. The molecule has 0 radical (unpaired) electrons. The van der Waals surface area contributed by atoms with Crippen LogP contribution in [0, 0.1) is 19.8 Å². The number of carbonyl (C=O) groups is 1. The minimum Gasteiger partial charge on any atom is -0.378 e. The summed E-state index contributed by atoms with van der Waals surface area (Å²) in [4.78, 5) is 30.9. The summed E-state index contributed by atoms with van der Waals surface area (Å²) in [5.41, 5.74) is 1.58. The molecule has 0 aromatic carbocycles. The molecule has 1 atom stereocenters. The number of ether oxygens (including phenoxy) is 1. The van der Waals surface area contributed by atoms with E-state index in [-0.39, 0.29) is 17.6 Å². The van der Waals surface area contributed by atoms with E-state index >= 15 is 0 Å². The van der Waals surface area contributed by atoms with Gasteiger partial charge in [0, 0.05) is 37.5 Å². The van der Waals surface area contributed by atoms with Crippen molar-refractivity contribution in [1.82, 2.24) is 14.5 Å². The topological polar surface area (TPSA) is 64.4 Å². The molecule has 2 aliphatic heterocycles. The summed E-state index contributed by atoms with van der Waals surface area (Å²) in [6, 6.07) is 0. The molecule has 3 heterocycles. The van der Waals surface area contributed by atoms with Gasteiger partial charge in [0.25, 0.3) is 5.56 Å². The Bertz CT molecular complexity index is 641. The van der Waals surface area contributed by atoms with Gasteiger partial charge >= 0.3 is 0 Å². The van der Waals surface area contributed by atoms with Crippen molar-refractivity contribution in [3.05, 3.63) is 27.9 Å². The molecule has 0 saturated carbocycles. The molecule has 1 aromatic rings. The third kappa shape index (κ3) is 3.86. The monoisotopic (exact) mass is 333 g/mol. The van der Waals surface area contributed by atoms with Crippen LogP contribution >= 0.6 is 0 Å². The van der Waals surface area contributed by atoms with Crippen LogP contribution in [0.25, 0.3) is 0 Å². The first-order chi connectivity index (χ1) is 11.5. The van der Waals surface area contributed by atoms with Gasteiger partial charge in [-0.3, -0.25) is 14.2 Å².